The van der Waals surface area contributed by atoms with Gasteiger partial charge in [-0.3, -0.25) is 34.4 Å². The van der Waals surface area contributed by atoms with Gasteiger partial charge in [0.05, 0.1) is 63.2 Å². The number of hydrogen-bond acceptors (Lipinski definition) is 21. The predicted octanol–water partition coefficient (Wildman–Crippen LogP) is 5.82. The summed E-state index contributed by atoms with van der Waals surface area (Å²) in [6.45, 7) is 33.2. The fourth-order valence-electron chi connectivity index (χ4n) is 11.8. The molecule has 78 heavy (non-hydrogen) atoms. The summed E-state index contributed by atoms with van der Waals surface area (Å²) in [5, 5.41) is 2.57. The Bertz CT molecular complexity index is 1800. The molecular weight excluding hydrogens is 1120 g/mol. The molecule has 14 rings (SSSR count). The first-order valence-electron chi connectivity index (χ1n) is 29.4. The highest BCUT2D eigenvalue weighted by Crippen LogP contribution is 2.35. The van der Waals surface area contributed by atoms with E-state index in [1.54, 1.807) is 0 Å². The monoisotopic (exact) mass is 1220 g/mol. The van der Waals surface area contributed by atoms with E-state index in [1.807, 2.05) is 24.4 Å². The van der Waals surface area contributed by atoms with Crippen LogP contribution in [0.25, 0.3) is 0 Å². The van der Waals surface area contributed by atoms with Gasteiger partial charge < -0.3 is 49.4 Å². The summed E-state index contributed by atoms with van der Waals surface area (Å²) in [5.41, 5.74) is 1.13. The molecule has 13 fully saturated rings. The van der Waals surface area contributed by atoms with Crippen LogP contribution in [0.3, 0.4) is 0 Å². The van der Waals surface area contributed by atoms with E-state index in [2.05, 4.69) is 162 Å². The molecule has 13 aliphatic rings. The normalized spacial score (nSPS) is 39.5. The highest BCUT2D eigenvalue weighted by molar-refractivity contribution is 8.32. The largest absolute Gasteiger partial charge is 0.501 e. The van der Waals surface area contributed by atoms with Gasteiger partial charge in [-0.15, -0.1) is 23.5 Å². The van der Waals surface area contributed by atoms with Crippen LogP contribution in [0, 0.1) is 0 Å². The van der Waals surface area contributed by atoms with Gasteiger partial charge in [0.2, 0.25) is 0 Å². The van der Waals surface area contributed by atoms with Crippen LogP contribution in [0.2, 0.25) is 12.1 Å². The quantitative estimate of drug-likeness (QED) is 0.0904. The van der Waals surface area contributed by atoms with Crippen LogP contribution in [0.5, 0.6) is 0 Å². The minimum absolute atomic E-state index is 0.152. The molecule has 0 radical (unpaired) electrons. The highest BCUT2D eigenvalue weighted by Gasteiger charge is 2.51. The summed E-state index contributed by atoms with van der Waals surface area (Å²) in [6, 6.07) is 11.9. The number of benzene rings is 1. The molecular formula is C53H102N8O10S3Si4. The molecule has 0 N–H and O–H groups in total. The van der Waals surface area contributed by atoms with Crippen LogP contribution in [-0.4, -0.2) is 290 Å². The lowest BCUT2D eigenvalue weighted by Crippen LogP contribution is -2.72. The van der Waals surface area contributed by atoms with Crippen molar-refractivity contribution in [3.63, 3.8) is 0 Å². The lowest BCUT2D eigenvalue weighted by molar-refractivity contribution is -0.0801. The molecule has 13 saturated heterocycles. The number of fused-ring (bicyclic) bond motifs is 24. The second-order valence-corrected chi connectivity index (χ2v) is 41.4. The van der Waals surface area contributed by atoms with E-state index in [4.69, 9.17) is 44.9 Å². The SMILES string of the molecule is CC1CN2CC(C)O[Si](CCCN=Cc3ccccc3)(O1)OC(C)C2.CC1CN2CC(C)O[Si](CCCOCC3CO3)(O1)OC(C)C2.CCO[Si]12CN(C)CN(CCN1C)CN(C)C2.CCO[Si]12CSCN(CCS1)CSC2. The molecule has 8 bridgehead atoms. The third-order valence-electron chi connectivity index (χ3n) is 14.8. The first-order valence-corrected chi connectivity index (χ1v) is 41.8. The van der Waals surface area contributed by atoms with Gasteiger partial charge in [0.15, 0.2) is 0 Å². The highest BCUT2D eigenvalue weighted by atomic mass is 32.4. The Morgan fingerprint density at radius 1 is 0.628 bits per heavy atom. The standard InChI is InChI=1S/C19H30N2O3Si.C15H29NO5Si.C11H26N4OSi.C8H17NOS3Si/c1-16-13-21-14-17(2)23-25(22-16,24-18(3)15-21)11-7-10-20-12-19-8-5-4-6-9-19;1-12-7-16-8-13(2)20-22(19-12,21-14(3)9-16)6-4-5-17-10-15-11-18-15;1-5-16-17-10-12(2)8-15(7-6-14(17)4)9-13(3)11-17;1-2-10-14-7-11-5-9(3-4-13-14)6-12-8-14/h4-6,8-9,12,16-18H,7,10-11,13-15H2,1-3H3;12-15H,4-11H2,1-3H3;5-11H2,1-4H3;2-8H2,1H3. The Kier molecular flexibility index (Phi) is 27.4. The van der Waals surface area contributed by atoms with E-state index >= 15 is 0 Å². The molecule has 18 nitrogen and oxygen atoms in total. The van der Waals surface area contributed by atoms with Crippen molar-refractivity contribution in [1.29, 1.82) is 0 Å². The Balaban J connectivity index is 0.000000154. The van der Waals surface area contributed by atoms with Crippen LogP contribution >= 0.6 is 34.7 Å². The Hall–Kier alpha value is 0.128. The van der Waals surface area contributed by atoms with Gasteiger partial charge in [-0.1, -0.05) is 30.3 Å². The molecule has 0 amide bonds. The summed E-state index contributed by atoms with van der Waals surface area (Å²) in [4.78, 5) is 19.3. The van der Waals surface area contributed by atoms with Gasteiger partial charge in [-0.2, -0.15) is 11.2 Å². The van der Waals surface area contributed by atoms with E-state index in [-0.39, 0.29) is 36.6 Å². The fourth-order valence-corrected chi connectivity index (χ4v) is 35.1. The van der Waals surface area contributed by atoms with Gasteiger partial charge in [0, 0.05) is 144 Å². The maximum Gasteiger partial charge on any atom is 0.501 e. The molecule has 7 unspecified atom stereocenters. The number of epoxide rings is 1. The molecule has 13 heterocycles. The number of nitrogens with zero attached hydrogens (tertiary/aromatic N) is 8. The Morgan fingerprint density at radius 3 is 1.62 bits per heavy atom. The molecule has 0 saturated carbocycles. The molecule has 0 aliphatic carbocycles. The van der Waals surface area contributed by atoms with Crippen molar-refractivity contribution < 1.29 is 44.9 Å². The van der Waals surface area contributed by atoms with Gasteiger partial charge >= 0.3 is 17.6 Å². The van der Waals surface area contributed by atoms with Crippen LogP contribution in [0.4, 0.5) is 0 Å². The third-order valence-corrected chi connectivity index (χ3v) is 38.5. The molecule has 0 spiro atoms. The number of hydrogen-bond donors (Lipinski definition) is 0. The maximum absolute atomic E-state index is 6.36. The van der Waals surface area contributed by atoms with Crippen LogP contribution in [0.1, 0.15) is 73.8 Å². The average molecular weight is 1220 g/mol. The topological polar surface area (TPSA) is 131 Å². The van der Waals surface area contributed by atoms with E-state index in [9.17, 15) is 0 Å². The first-order chi connectivity index (χ1) is 37.5. The number of likely N-dealkylation sites (N-methyl/N-ethyl adjacent to an activating group) is 1. The van der Waals surface area contributed by atoms with Crippen molar-refractivity contribution in [2.75, 3.05) is 174 Å². The van der Waals surface area contributed by atoms with Gasteiger partial charge in [0.1, 0.15) is 6.10 Å². The van der Waals surface area contributed by atoms with Crippen LogP contribution in [0.15, 0.2) is 35.3 Å². The van der Waals surface area contributed by atoms with Gasteiger partial charge in [-0.25, -0.2) is 0 Å². The van der Waals surface area contributed by atoms with E-state index < -0.39 is 33.6 Å². The molecule has 1 aromatic rings. The average Bonchev–Trinajstić information content (AvgIpc) is 4.23. The summed E-state index contributed by atoms with van der Waals surface area (Å²) in [5.74, 6) is 3.72. The third kappa shape index (κ3) is 21.6. The molecule has 0 aromatic heterocycles. The van der Waals surface area contributed by atoms with Gasteiger partial charge in [0.25, 0.3) is 15.9 Å². The van der Waals surface area contributed by atoms with Crippen LogP contribution in [-0.2, 0) is 44.9 Å². The number of ether oxygens (including phenoxy) is 2. The van der Waals surface area contributed by atoms with Gasteiger partial charge in [-0.05, 0) is 94.9 Å². The van der Waals surface area contributed by atoms with Crippen molar-refractivity contribution >= 4 is 74.5 Å². The number of rotatable bonds is 15. The van der Waals surface area contributed by atoms with Crippen molar-refractivity contribution in [2.45, 2.75) is 123 Å². The van der Waals surface area contributed by atoms with Crippen molar-refractivity contribution in [2.24, 2.45) is 4.99 Å². The Morgan fingerprint density at radius 2 is 1.13 bits per heavy atom. The molecule has 7 atom stereocenters. The van der Waals surface area contributed by atoms with E-state index in [0.717, 1.165) is 135 Å². The fraction of sp³-hybridized carbons (Fsp3) is 0.868. The Labute approximate surface area is 488 Å². The predicted molar refractivity (Wildman–Crippen MR) is 329 cm³/mol. The summed E-state index contributed by atoms with van der Waals surface area (Å²) >= 11 is 6.33. The zero-order valence-corrected chi connectivity index (χ0v) is 56.1. The lowest BCUT2D eigenvalue weighted by atomic mass is 10.2. The molecule has 1 aromatic carbocycles. The molecule has 448 valence electrons. The van der Waals surface area contributed by atoms with Crippen molar-refractivity contribution in [3.05, 3.63) is 35.9 Å². The van der Waals surface area contributed by atoms with Crippen molar-refractivity contribution in [3.8, 4) is 0 Å². The second-order valence-electron chi connectivity index (χ2n) is 23.1. The first kappa shape index (κ1) is 65.7. The van der Waals surface area contributed by atoms with Crippen LogP contribution < -0.4 is 0 Å². The zero-order chi connectivity index (χ0) is 55.6. The number of thioether (sulfide) groups is 2. The summed E-state index contributed by atoms with van der Waals surface area (Å²) < 4.78 is 63.7. The second kappa shape index (κ2) is 32.6. The summed E-state index contributed by atoms with van der Waals surface area (Å²) in [7, 11) is -1.78. The zero-order valence-electron chi connectivity index (χ0n) is 49.7. The maximum atomic E-state index is 6.36. The van der Waals surface area contributed by atoms with E-state index in [0.29, 0.717) is 19.3 Å². The minimum atomic E-state index is -2.65. The molecule has 25 heteroatoms. The molecule has 13 aliphatic heterocycles. The minimum Gasteiger partial charge on any atom is -0.406 e. The summed E-state index contributed by atoms with van der Waals surface area (Å²) in [6.07, 6.45) is 7.25. The van der Waals surface area contributed by atoms with E-state index in [1.165, 1.54) is 34.8 Å². The van der Waals surface area contributed by atoms with Crippen molar-refractivity contribution in [1.82, 2.24) is 34.0 Å². The smallest absolute Gasteiger partial charge is 0.406 e. The lowest BCUT2D eigenvalue weighted by Gasteiger charge is -2.50. The number of aliphatic imine (C=N–C) groups is 1.